The average Bonchev–Trinajstić information content (AvgIpc) is 3.20. The third-order valence-electron chi connectivity index (χ3n) is 5.05. The van der Waals surface area contributed by atoms with Gasteiger partial charge in [0, 0.05) is 24.6 Å². The molecule has 150 valence electrons. The van der Waals surface area contributed by atoms with E-state index in [0.29, 0.717) is 18.7 Å². The Morgan fingerprint density at radius 1 is 1.24 bits per heavy atom. The first-order chi connectivity index (χ1) is 13.9. The zero-order valence-corrected chi connectivity index (χ0v) is 15.9. The molecule has 6 nitrogen and oxygen atoms in total. The number of likely N-dealkylation sites (tertiary alicyclic amines) is 1. The maximum Gasteiger partial charge on any atom is 0.292 e. The van der Waals surface area contributed by atoms with Crippen LogP contribution in [0.25, 0.3) is 11.3 Å². The van der Waals surface area contributed by atoms with Gasteiger partial charge in [0.05, 0.1) is 6.54 Å². The van der Waals surface area contributed by atoms with E-state index in [1.165, 1.54) is 17.0 Å². The molecule has 0 bridgehead atoms. The van der Waals surface area contributed by atoms with E-state index >= 15 is 0 Å². The first kappa shape index (κ1) is 19.1. The molecule has 0 unspecified atom stereocenters. The maximum atomic E-state index is 13.9. The fourth-order valence-corrected chi connectivity index (χ4v) is 3.50. The van der Waals surface area contributed by atoms with Gasteiger partial charge in [-0.3, -0.25) is 4.79 Å². The van der Waals surface area contributed by atoms with Crippen LogP contribution in [0.1, 0.15) is 23.9 Å². The second-order valence-electron chi connectivity index (χ2n) is 7.35. The van der Waals surface area contributed by atoms with E-state index in [4.69, 9.17) is 9.26 Å². The van der Waals surface area contributed by atoms with E-state index in [9.17, 15) is 14.3 Å². The smallest absolute Gasteiger partial charge is 0.292 e. The Balaban J connectivity index is 1.46. The summed E-state index contributed by atoms with van der Waals surface area (Å²) in [5, 5.41) is 14.7. The largest absolute Gasteiger partial charge is 0.487 e. The predicted octanol–water partition coefficient (Wildman–Crippen LogP) is 3.53. The molecule has 2 atom stereocenters. The fourth-order valence-electron chi connectivity index (χ4n) is 3.50. The lowest BCUT2D eigenvalue weighted by molar-refractivity contribution is -0.0903. The molecule has 1 N–H and O–H groups in total. The number of para-hydroxylation sites is 1. The van der Waals surface area contributed by atoms with Crippen LogP contribution in [0.3, 0.4) is 0 Å². The summed E-state index contributed by atoms with van der Waals surface area (Å²) in [4.78, 5) is 14.3. The number of nitrogens with zero attached hydrogens (tertiary/aromatic N) is 2. The summed E-state index contributed by atoms with van der Waals surface area (Å²) in [5.41, 5.74) is -0.726. The van der Waals surface area contributed by atoms with Crippen molar-refractivity contribution in [3.8, 4) is 17.0 Å². The molecular formula is C22H21FN2O4. The highest BCUT2D eigenvalue weighted by Crippen LogP contribution is 2.28. The highest BCUT2D eigenvalue weighted by atomic mass is 19.1. The Morgan fingerprint density at radius 2 is 1.97 bits per heavy atom. The third kappa shape index (κ3) is 4.00. The molecule has 2 heterocycles. The number of carbonyl (C=O) groups is 1. The van der Waals surface area contributed by atoms with Gasteiger partial charge in [-0.15, -0.1) is 0 Å². The topological polar surface area (TPSA) is 75.8 Å². The number of β-amino-alcohol motifs (C(OH)–C–C–N with tert-alkyl or cyclic N) is 1. The van der Waals surface area contributed by atoms with Gasteiger partial charge in [0.1, 0.15) is 29.0 Å². The molecule has 0 aliphatic carbocycles. The van der Waals surface area contributed by atoms with E-state index < -0.39 is 23.4 Å². The van der Waals surface area contributed by atoms with Gasteiger partial charge in [0.15, 0.2) is 0 Å². The van der Waals surface area contributed by atoms with Crippen LogP contribution < -0.4 is 4.74 Å². The summed E-state index contributed by atoms with van der Waals surface area (Å²) in [6, 6.07) is 16.8. The highest BCUT2D eigenvalue weighted by molar-refractivity contribution is 5.92. The van der Waals surface area contributed by atoms with Gasteiger partial charge in [-0.2, -0.15) is 0 Å². The van der Waals surface area contributed by atoms with Gasteiger partial charge in [-0.25, -0.2) is 4.39 Å². The number of aliphatic hydroxyl groups is 1. The summed E-state index contributed by atoms with van der Waals surface area (Å²) in [7, 11) is 0. The van der Waals surface area contributed by atoms with Crippen molar-refractivity contribution < 1.29 is 23.6 Å². The molecule has 0 spiro atoms. The molecule has 29 heavy (non-hydrogen) atoms. The lowest BCUT2D eigenvalue weighted by Gasteiger charge is -2.42. The predicted molar refractivity (Wildman–Crippen MR) is 104 cm³/mol. The number of ether oxygens (including phenoxy) is 1. The first-order valence-corrected chi connectivity index (χ1v) is 9.39. The lowest BCUT2D eigenvalue weighted by atomic mass is 9.91. The number of hydrogen-bond donors (Lipinski definition) is 1. The third-order valence-corrected chi connectivity index (χ3v) is 5.05. The minimum absolute atomic E-state index is 0.00137. The molecule has 0 radical (unpaired) electrons. The van der Waals surface area contributed by atoms with Crippen molar-refractivity contribution in [3.05, 3.63) is 72.2 Å². The number of carbonyl (C=O) groups excluding carboxylic acids is 1. The second-order valence-corrected chi connectivity index (χ2v) is 7.35. The Morgan fingerprint density at radius 3 is 2.69 bits per heavy atom. The molecule has 1 fully saturated rings. The first-order valence-electron chi connectivity index (χ1n) is 9.39. The van der Waals surface area contributed by atoms with E-state index in [0.717, 1.165) is 0 Å². The van der Waals surface area contributed by atoms with Crippen molar-refractivity contribution in [1.82, 2.24) is 10.1 Å². The summed E-state index contributed by atoms with van der Waals surface area (Å²) < 4.78 is 25.0. The molecule has 0 saturated carbocycles. The average molecular weight is 396 g/mol. The van der Waals surface area contributed by atoms with Crippen LogP contribution in [0.15, 0.2) is 65.2 Å². The van der Waals surface area contributed by atoms with Crippen molar-refractivity contribution in [2.45, 2.75) is 25.0 Å². The van der Waals surface area contributed by atoms with Crippen molar-refractivity contribution in [2.75, 3.05) is 13.1 Å². The van der Waals surface area contributed by atoms with Crippen molar-refractivity contribution in [1.29, 1.82) is 0 Å². The fraction of sp³-hybridized carbons (Fsp3) is 0.273. The zero-order chi connectivity index (χ0) is 20.4. The minimum Gasteiger partial charge on any atom is -0.487 e. The Labute approximate surface area is 167 Å². The van der Waals surface area contributed by atoms with Gasteiger partial charge in [-0.05, 0) is 31.2 Å². The van der Waals surface area contributed by atoms with Crippen molar-refractivity contribution >= 4 is 5.91 Å². The normalized spacial score (nSPS) is 21.8. The Kier molecular flexibility index (Phi) is 5.07. The number of piperidine rings is 1. The van der Waals surface area contributed by atoms with Crippen LogP contribution in [0.4, 0.5) is 4.39 Å². The number of aromatic nitrogens is 1. The van der Waals surface area contributed by atoms with Crippen molar-refractivity contribution in [2.24, 2.45) is 0 Å². The maximum absolute atomic E-state index is 13.9. The Bertz CT molecular complexity index is 1000. The number of hydrogen-bond acceptors (Lipinski definition) is 5. The molecule has 7 heteroatoms. The van der Waals surface area contributed by atoms with E-state index in [-0.39, 0.29) is 23.6 Å². The van der Waals surface area contributed by atoms with Gasteiger partial charge in [-0.1, -0.05) is 35.5 Å². The van der Waals surface area contributed by atoms with Crippen LogP contribution in [0.5, 0.6) is 5.75 Å². The summed E-state index contributed by atoms with van der Waals surface area (Å²) >= 11 is 0. The highest BCUT2D eigenvalue weighted by Gasteiger charge is 2.42. The molecule has 1 aliphatic heterocycles. The molecule has 2 aromatic carbocycles. The SMILES string of the molecule is C[C@]1(O)CN(C(=O)c2cc(-c3ccccc3F)no2)CC[C@@H]1Oc1ccccc1. The van der Waals surface area contributed by atoms with Crippen molar-refractivity contribution in [3.63, 3.8) is 0 Å². The number of rotatable bonds is 4. The molecular weight excluding hydrogens is 375 g/mol. The second kappa shape index (κ2) is 7.67. The number of halogens is 1. The van der Waals surface area contributed by atoms with Crippen LogP contribution in [-0.4, -0.2) is 45.9 Å². The van der Waals surface area contributed by atoms with Gasteiger partial charge >= 0.3 is 0 Å². The number of amides is 1. The molecule has 1 amide bonds. The zero-order valence-electron chi connectivity index (χ0n) is 15.9. The molecule has 1 aromatic heterocycles. The van der Waals surface area contributed by atoms with Gasteiger partial charge in [0.2, 0.25) is 5.76 Å². The van der Waals surface area contributed by atoms with Gasteiger partial charge in [0.25, 0.3) is 5.91 Å². The van der Waals surface area contributed by atoms with Crippen LogP contribution >= 0.6 is 0 Å². The molecule has 1 aliphatic rings. The lowest BCUT2D eigenvalue weighted by Crippen LogP contribution is -2.58. The quantitative estimate of drug-likeness (QED) is 0.730. The van der Waals surface area contributed by atoms with E-state index in [2.05, 4.69) is 5.16 Å². The number of benzene rings is 2. The standard InChI is InChI=1S/C22H21FN2O4/c1-22(27)14-25(12-11-20(22)28-15-7-3-2-4-8-15)21(26)19-13-18(24-29-19)16-9-5-6-10-17(16)23/h2-10,13,20,27H,11-12,14H2,1H3/t20-,22-/m0/s1. The Hall–Kier alpha value is -3.19. The minimum atomic E-state index is -1.24. The molecule has 1 saturated heterocycles. The van der Waals surface area contributed by atoms with Crippen LogP contribution in [0, 0.1) is 5.82 Å². The van der Waals surface area contributed by atoms with E-state index in [1.807, 2.05) is 30.3 Å². The molecule has 3 aromatic rings. The van der Waals surface area contributed by atoms with E-state index in [1.54, 1.807) is 25.1 Å². The van der Waals surface area contributed by atoms with Crippen LogP contribution in [0.2, 0.25) is 0 Å². The van der Waals surface area contributed by atoms with Crippen LogP contribution in [-0.2, 0) is 0 Å². The molecule has 4 rings (SSSR count). The summed E-state index contributed by atoms with van der Waals surface area (Å²) in [5.74, 6) is -0.177. The summed E-state index contributed by atoms with van der Waals surface area (Å²) in [6.45, 7) is 2.12. The van der Waals surface area contributed by atoms with Gasteiger partial charge < -0.3 is 19.3 Å². The summed E-state index contributed by atoms with van der Waals surface area (Å²) in [6.07, 6.45) is 0.0136. The monoisotopic (exact) mass is 396 g/mol.